The van der Waals surface area contributed by atoms with Gasteiger partial charge in [0.25, 0.3) is 0 Å². The number of benzene rings is 2. The van der Waals surface area contributed by atoms with Crippen LogP contribution in [0, 0.1) is 5.82 Å². The normalized spacial score (nSPS) is 11.9. The van der Waals surface area contributed by atoms with E-state index in [1.165, 1.54) is 12.1 Å². The van der Waals surface area contributed by atoms with Crippen LogP contribution < -0.4 is 5.32 Å². The van der Waals surface area contributed by atoms with Crippen LogP contribution in [0.25, 0.3) is 0 Å². The van der Waals surface area contributed by atoms with E-state index in [2.05, 4.69) is 17.9 Å². The first kappa shape index (κ1) is 14.6. The largest absolute Gasteiger partial charge is 0.351 e. The molecule has 2 rings (SSSR count). The lowest BCUT2D eigenvalue weighted by Gasteiger charge is -2.11. The highest BCUT2D eigenvalue weighted by Crippen LogP contribution is 2.08. The molecule has 2 nitrogen and oxygen atoms in total. The molecule has 0 bridgehead atoms. The zero-order valence-corrected chi connectivity index (χ0v) is 11.8. The van der Waals surface area contributed by atoms with E-state index in [9.17, 15) is 9.18 Å². The van der Waals surface area contributed by atoms with Gasteiger partial charge in [-0.3, -0.25) is 4.79 Å². The summed E-state index contributed by atoms with van der Waals surface area (Å²) < 4.78 is 13.0. The van der Waals surface area contributed by atoms with Crippen molar-refractivity contribution in [1.29, 1.82) is 0 Å². The zero-order valence-electron chi connectivity index (χ0n) is 10.9. The molecule has 0 radical (unpaired) electrons. The van der Waals surface area contributed by atoms with Crippen LogP contribution in [0.2, 0.25) is 0 Å². The fraction of sp³-hybridized carbons (Fsp3) is 0.188. The summed E-state index contributed by atoms with van der Waals surface area (Å²) in [5, 5.41) is 2.35. The minimum atomic E-state index is -0.411. The van der Waals surface area contributed by atoms with E-state index in [4.69, 9.17) is 0 Å². The number of hydrogen-bond acceptors (Lipinski definition) is 2. The topological polar surface area (TPSA) is 29.1 Å². The van der Waals surface area contributed by atoms with Crippen LogP contribution in [0.1, 0.15) is 11.1 Å². The molecule has 0 saturated heterocycles. The Morgan fingerprint density at radius 3 is 2.50 bits per heavy atom. The summed E-state index contributed by atoms with van der Waals surface area (Å²) in [6, 6.07) is 15.9. The fourth-order valence-corrected chi connectivity index (χ4v) is 2.19. The van der Waals surface area contributed by atoms with E-state index in [0.29, 0.717) is 13.0 Å². The van der Waals surface area contributed by atoms with E-state index < -0.39 is 5.25 Å². The second-order valence-electron chi connectivity index (χ2n) is 4.55. The number of amides is 1. The van der Waals surface area contributed by atoms with Crippen LogP contribution in [-0.4, -0.2) is 11.2 Å². The second kappa shape index (κ2) is 7.10. The number of carbonyl (C=O) groups is 1. The molecular formula is C16H16FNOS. The molecule has 4 heteroatoms. The van der Waals surface area contributed by atoms with Crippen molar-refractivity contribution in [2.75, 3.05) is 0 Å². The van der Waals surface area contributed by atoms with Crippen molar-refractivity contribution in [2.45, 2.75) is 18.2 Å². The second-order valence-corrected chi connectivity index (χ2v) is 5.18. The van der Waals surface area contributed by atoms with Gasteiger partial charge in [0.2, 0.25) is 5.91 Å². The Morgan fingerprint density at radius 1 is 1.10 bits per heavy atom. The van der Waals surface area contributed by atoms with Gasteiger partial charge in [0.15, 0.2) is 0 Å². The number of carbonyl (C=O) groups excluding carboxylic acids is 1. The van der Waals surface area contributed by atoms with Gasteiger partial charge in [-0.2, -0.15) is 12.6 Å². The molecule has 0 aliphatic carbocycles. The van der Waals surface area contributed by atoms with Gasteiger partial charge in [0, 0.05) is 6.54 Å². The third-order valence-electron chi connectivity index (χ3n) is 2.93. The first-order valence-electron chi connectivity index (χ1n) is 6.39. The molecule has 104 valence electrons. The summed E-state index contributed by atoms with van der Waals surface area (Å²) in [6.45, 7) is 0.308. The zero-order chi connectivity index (χ0) is 14.4. The smallest absolute Gasteiger partial charge is 0.233 e. The van der Waals surface area contributed by atoms with Gasteiger partial charge in [0.1, 0.15) is 5.82 Å². The van der Waals surface area contributed by atoms with Crippen molar-refractivity contribution >= 4 is 18.5 Å². The quantitative estimate of drug-likeness (QED) is 0.814. The average molecular weight is 289 g/mol. The molecule has 2 aromatic carbocycles. The van der Waals surface area contributed by atoms with Gasteiger partial charge in [-0.15, -0.1) is 0 Å². The molecule has 1 N–H and O–H groups in total. The maximum atomic E-state index is 13.0. The van der Waals surface area contributed by atoms with Gasteiger partial charge in [-0.05, 0) is 29.7 Å². The van der Waals surface area contributed by atoms with Gasteiger partial charge in [0.05, 0.1) is 5.25 Å². The number of thiol groups is 1. The Kier molecular flexibility index (Phi) is 5.18. The summed E-state index contributed by atoms with van der Waals surface area (Å²) in [6.07, 6.45) is 0.568. The van der Waals surface area contributed by atoms with E-state index >= 15 is 0 Å². The van der Waals surface area contributed by atoms with Crippen LogP contribution in [0.15, 0.2) is 54.6 Å². The Labute approximate surface area is 123 Å². The minimum absolute atomic E-state index is 0.151. The molecule has 1 unspecified atom stereocenters. The van der Waals surface area contributed by atoms with Gasteiger partial charge in [-0.1, -0.05) is 42.5 Å². The maximum absolute atomic E-state index is 13.0. The molecule has 0 aliphatic rings. The van der Waals surface area contributed by atoms with Crippen molar-refractivity contribution in [3.8, 4) is 0 Å². The summed E-state index contributed by atoms with van der Waals surface area (Å²) in [7, 11) is 0. The number of nitrogens with one attached hydrogen (secondary N) is 1. The predicted octanol–water partition coefficient (Wildman–Crippen LogP) is 2.98. The van der Waals surface area contributed by atoms with E-state index in [1.807, 2.05) is 30.3 Å². The number of hydrogen-bond donors (Lipinski definition) is 2. The van der Waals surface area contributed by atoms with Crippen molar-refractivity contribution in [2.24, 2.45) is 0 Å². The molecule has 0 fully saturated rings. The summed E-state index contributed by atoms with van der Waals surface area (Å²) in [5.41, 5.74) is 1.80. The molecule has 0 heterocycles. The molecule has 0 spiro atoms. The van der Waals surface area contributed by atoms with Crippen molar-refractivity contribution in [3.63, 3.8) is 0 Å². The lowest BCUT2D eigenvalue weighted by atomic mass is 10.1. The molecular weight excluding hydrogens is 273 g/mol. The van der Waals surface area contributed by atoms with Gasteiger partial charge in [-0.25, -0.2) is 4.39 Å². The third-order valence-corrected chi connectivity index (χ3v) is 3.35. The molecule has 0 aliphatic heterocycles. The molecule has 1 atom stereocenters. The number of halogens is 1. The minimum Gasteiger partial charge on any atom is -0.351 e. The lowest BCUT2D eigenvalue weighted by molar-refractivity contribution is -0.120. The maximum Gasteiger partial charge on any atom is 0.233 e. The molecule has 2 aromatic rings. The Hall–Kier alpha value is -1.81. The predicted molar refractivity (Wildman–Crippen MR) is 81.2 cm³/mol. The molecule has 0 aromatic heterocycles. The standard InChI is InChI=1S/C16H16FNOS/c17-14-8-4-7-13(9-14)11-18-16(19)15(20)10-12-5-2-1-3-6-12/h1-9,15,20H,10-11H2,(H,18,19). The van der Waals surface area contributed by atoms with Crippen molar-refractivity contribution in [3.05, 3.63) is 71.5 Å². The van der Waals surface area contributed by atoms with Crippen LogP contribution in [0.3, 0.4) is 0 Å². The van der Waals surface area contributed by atoms with E-state index in [0.717, 1.165) is 11.1 Å². The van der Waals surface area contributed by atoms with E-state index in [-0.39, 0.29) is 11.7 Å². The first-order chi connectivity index (χ1) is 9.65. The van der Waals surface area contributed by atoms with Gasteiger partial charge >= 0.3 is 0 Å². The van der Waals surface area contributed by atoms with Gasteiger partial charge < -0.3 is 5.32 Å². The van der Waals surface area contributed by atoms with Crippen molar-refractivity contribution in [1.82, 2.24) is 5.32 Å². The monoisotopic (exact) mass is 289 g/mol. The SMILES string of the molecule is O=C(NCc1cccc(F)c1)C(S)Cc1ccccc1. The number of rotatable bonds is 5. The molecule has 0 saturated carbocycles. The van der Waals surface area contributed by atoms with Crippen LogP contribution in [0.4, 0.5) is 4.39 Å². The van der Waals surface area contributed by atoms with Crippen LogP contribution in [-0.2, 0) is 17.8 Å². The van der Waals surface area contributed by atoms with Crippen molar-refractivity contribution < 1.29 is 9.18 Å². The third kappa shape index (κ3) is 4.38. The summed E-state index contributed by atoms with van der Waals surface area (Å²) in [5.74, 6) is -0.454. The first-order valence-corrected chi connectivity index (χ1v) is 6.91. The Balaban J connectivity index is 1.85. The highest BCUT2D eigenvalue weighted by molar-refractivity contribution is 7.81. The molecule has 20 heavy (non-hydrogen) atoms. The highest BCUT2D eigenvalue weighted by Gasteiger charge is 2.14. The summed E-state index contributed by atoms with van der Waals surface area (Å²) >= 11 is 4.32. The summed E-state index contributed by atoms with van der Waals surface area (Å²) in [4.78, 5) is 11.9. The Bertz CT molecular complexity index is 574. The average Bonchev–Trinajstić information content (AvgIpc) is 2.46. The van der Waals surface area contributed by atoms with Crippen LogP contribution >= 0.6 is 12.6 Å². The van der Waals surface area contributed by atoms with E-state index in [1.54, 1.807) is 12.1 Å². The fourth-order valence-electron chi connectivity index (χ4n) is 1.88. The lowest BCUT2D eigenvalue weighted by Crippen LogP contribution is -2.32. The Morgan fingerprint density at radius 2 is 1.80 bits per heavy atom. The van der Waals surface area contributed by atoms with Crippen LogP contribution in [0.5, 0.6) is 0 Å². The highest BCUT2D eigenvalue weighted by atomic mass is 32.1. The molecule has 1 amide bonds.